The molecule has 0 amide bonds. The quantitative estimate of drug-likeness (QED) is 0.409. The number of rotatable bonds is 4. The molecule has 1 unspecified atom stereocenters. The van der Waals surface area contributed by atoms with Gasteiger partial charge in [-0.15, -0.1) is 0 Å². The first kappa shape index (κ1) is 10.7. The second-order valence-corrected chi connectivity index (χ2v) is 3.45. The number of nitrogens with zero attached hydrogens (tertiary/aromatic N) is 2. The maximum Gasteiger partial charge on any atom is 0.244 e. The van der Waals surface area contributed by atoms with E-state index in [1.165, 1.54) is 0 Å². The van der Waals surface area contributed by atoms with Crippen molar-refractivity contribution in [1.29, 1.82) is 0 Å². The van der Waals surface area contributed by atoms with Crippen molar-refractivity contribution < 1.29 is 4.86 Å². The Labute approximate surface area is 84.7 Å². The highest BCUT2D eigenvalue weighted by Crippen LogP contribution is 2.10. The van der Waals surface area contributed by atoms with Crippen LogP contribution in [0.25, 0.3) is 0 Å². The largest absolute Gasteiger partial charge is 0.594 e. The Balaban J connectivity index is 2.61. The van der Waals surface area contributed by atoms with Crippen molar-refractivity contribution in [2.75, 3.05) is 6.54 Å². The van der Waals surface area contributed by atoms with E-state index in [1.807, 2.05) is 18.2 Å². The van der Waals surface area contributed by atoms with Gasteiger partial charge in [0.15, 0.2) is 0 Å². The van der Waals surface area contributed by atoms with E-state index < -0.39 is 0 Å². The third kappa shape index (κ3) is 3.17. The lowest BCUT2D eigenvalue weighted by atomic mass is 10.1. The molecule has 1 aromatic rings. The molecule has 1 aromatic carbocycles. The Kier molecular flexibility index (Phi) is 4.11. The summed E-state index contributed by atoms with van der Waals surface area (Å²) in [6.45, 7) is 4.77. The van der Waals surface area contributed by atoms with Crippen LogP contribution in [-0.4, -0.2) is 11.4 Å². The molecule has 0 bridgehead atoms. The SMILES string of the molecule is CCC(C)CN=[N+]([O-])c1ccccc1. The van der Waals surface area contributed by atoms with Crippen molar-refractivity contribution in [2.24, 2.45) is 11.0 Å². The zero-order valence-electron chi connectivity index (χ0n) is 8.68. The molecule has 0 aliphatic carbocycles. The fourth-order valence-electron chi connectivity index (χ4n) is 0.980. The smallest absolute Gasteiger partial charge is 0.244 e. The van der Waals surface area contributed by atoms with Gasteiger partial charge in [-0.2, -0.15) is 0 Å². The summed E-state index contributed by atoms with van der Waals surface area (Å²) >= 11 is 0. The zero-order valence-corrected chi connectivity index (χ0v) is 8.68. The molecule has 0 N–H and O–H groups in total. The number of para-hydroxylation sites is 1. The van der Waals surface area contributed by atoms with Gasteiger partial charge in [-0.05, 0) is 11.0 Å². The van der Waals surface area contributed by atoms with Crippen molar-refractivity contribution in [3.05, 3.63) is 35.5 Å². The monoisotopic (exact) mass is 192 g/mol. The van der Waals surface area contributed by atoms with Gasteiger partial charge in [0.25, 0.3) is 0 Å². The Morgan fingerprint density at radius 3 is 2.57 bits per heavy atom. The van der Waals surface area contributed by atoms with Crippen molar-refractivity contribution in [3.63, 3.8) is 0 Å². The van der Waals surface area contributed by atoms with Gasteiger partial charge >= 0.3 is 0 Å². The first-order valence-corrected chi connectivity index (χ1v) is 4.93. The van der Waals surface area contributed by atoms with Crippen LogP contribution in [0.15, 0.2) is 35.4 Å². The molecule has 1 rings (SSSR count). The molecular formula is C11H16N2O. The van der Waals surface area contributed by atoms with E-state index in [0.29, 0.717) is 23.0 Å². The Bertz CT molecular complexity index is 295. The summed E-state index contributed by atoms with van der Waals surface area (Å²) in [7, 11) is 0. The number of hydrogen-bond donors (Lipinski definition) is 0. The van der Waals surface area contributed by atoms with Crippen LogP contribution < -0.4 is 0 Å². The van der Waals surface area contributed by atoms with Crippen molar-refractivity contribution >= 4 is 5.69 Å². The van der Waals surface area contributed by atoms with Crippen molar-refractivity contribution in [1.82, 2.24) is 0 Å². The molecule has 76 valence electrons. The lowest BCUT2D eigenvalue weighted by Crippen LogP contribution is -2.00. The molecule has 0 aliphatic rings. The van der Waals surface area contributed by atoms with Crippen LogP contribution in [0.1, 0.15) is 20.3 Å². The highest BCUT2D eigenvalue weighted by Gasteiger charge is 2.03. The summed E-state index contributed by atoms with van der Waals surface area (Å²) < 4.78 is 0. The molecule has 0 aromatic heterocycles. The van der Waals surface area contributed by atoms with E-state index >= 15 is 0 Å². The molecule has 0 fully saturated rings. The summed E-state index contributed by atoms with van der Waals surface area (Å²) in [5, 5.41) is 15.4. The summed E-state index contributed by atoms with van der Waals surface area (Å²) in [5.41, 5.74) is 0.593. The minimum absolute atomic E-state index is 0.468. The molecule has 0 heterocycles. The molecule has 0 radical (unpaired) electrons. The van der Waals surface area contributed by atoms with Crippen LogP contribution in [0.4, 0.5) is 5.69 Å². The minimum Gasteiger partial charge on any atom is -0.594 e. The molecule has 0 saturated carbocycles. The van der Waals surface area contributed by atoms with Gasteiger partial charge in [0.05, 0.1) is 0 Å². The van der Waals surface area contributed by atoms with E-state index in [-0.39, 0.29) is 0 Å². The van der Waals surface area contributed by atoms with Crippen LogP contribution >= 0.6 is 0 Å². The number of azo groups is 1. The standard InChI is InChI=1S/C11H16N2O/c1-3-10(2)9-12-13(14)11-7-5-4-6-8-11/h4-8,10H,3,9H2,1-2H3. The van der Waals surface area contributed by atoms with E-state index in [4.69, 9.17) is 0 Å². The highest BCUT2D eigenvalue weighted by molar-refractivity contribution is 5.27. The van der Waals surface area contributed by atoms with Gasteiger partial charge in [0.1, 0.15) is 6.54 Å². The van der Waals surface area contributed by atoms with Crippen molar-refractivity contribution in [2.45, 2.75) is 20.3 Å². The molecule has 1 atom stereocenters. The lowest BCUT2D eigenvalue weighted by molar-refractivity contribution is -0.443. The van der Waals surface area contributed by atoms with Gasteiger partial charge in [-0.1, -0.05) is 43.3 Å². The third-order valence-electron chi connectivity index (χ3n) is 2.20. The van der Waals surface area contributed by atoms with Crippen LogP contribution in [0.2, 0.25) is 0 Å². The molecule has 0 spiro atoms. The minimum atomic E-state index is 0.468. The average Bonchev–Trinajstić information content (AvgIpc) is 2.26. The second-order valence-electron chi connectivity index (χ2n) is 3.45. The van der Waals surface area contributed by atoms with E-state index in [1.54, 1.807) is 12.1 Å². The zero-order chi connectivity index (χ0) is 10.4. The molecule has 0 saturated heterocycles. The van der Waals surface area contributed by atoms with E-state index in [9.17, 15) is 5.21 Å². The van der Waals surface area contributed by atoms with Gasteiger partial charge in [0, 0.05) is 12.1 Å². The van der Waals surface area contributed by atoms with Crippen LogP contribution in [0, 0.1) is 11.1 Å². The van der Waals surface area contributed by atoms with Crippen LogP contribution in [-0.2, 0) is 0 Å². The normalized spacial score (nSPS) is 14.0. The topological polar surface area (TPSA) is 38.4 Å². The Morgan fingerprint density at radius 1 is 1.36 bits per heavy atom. The second kappa shape index (κ2) is 5.37. The molecule has 0 aliphatic heterocycles. The van der Waals surface area contributed by atoms with E-state index in [2.05, 4.69) is 19.0 Å². The predicted octanol–water partition coefficient (Wildman–Crippen LogP) is 3.33. The average molecular weight is 192 g/mol. The van der Waals surface area contributed by atoms with Crippen LogP contribution in [0.5, 0.6) is 0 Å². The number of hydrogen-bond acceptors (Lipinski definition) is 2. The summed E-state index contributed by atoms with van der Waals surface area (Å²) in [6, 6.07) is 9.06. The third-order valence-corrected chi connectivity index (χ3v) is 2.20. The molecular weight excluding hydrogens is 176 g/mol. The van der Waals surface area contributed by atoms with E-state index in [0.717, 1.165) is 6.42 Å². The maximum absolute atomic E-state index is 11.4. The van der Waals surface area contributed by atoms with Gasteiger partial charge in [-0.3, -0.25) is 0 Å². The Hall–Kier alpha value is -1.38. The van der Waals surface area contributed by atoms with Gasteiger partial charge in [0.2, 0.25) is 5.69 Å². The van der Waals surface area contributed by atoms with Crippen LogP contribution in [0.3, 0.4) is 0 Å². The molecule has 14 heavy (non-hydrogen) atoms. The summed E-state index contributed by atoms with van der Waals surface area (Å²) in [4.78, 5) is 0.701. The fourth-order valence-corrected chi connectivity index (χ4v) is 0.980. The van der Waals surface area contributed by atoms with Gasteiger partial charge in [-0.25, -0.2) is 0 Å². The first-order valence-electron chi connectivity index (χ1n) is 4.93. The lowest BCUT2D eigenvalue weighted by Gasteiger charge is -2.03. The fraction of sp³-hybridized carbons (Fsp3) is 0.455. The summed E-state index contributed by atoms with van der Waals surface area (Å²) in [6.07, 6.45) is 1.05. The maximum atomic E-state index is 11.4. The molecule has 3 heteroatoms. The number of benzene rings is 1. The predicted molar refractivity (Wildman–Crippen MR) is 56.5 cm³/mol. The van der Waals surface area contributed by atoms with Gasteiger partial charge < -0.3 is 5.21 Å². The van der Waals surface area contributed by atoms with Crippen molar-refractivity contribution in [3.8, 4) is 0 Å². The first-order chi connectivity index (χ1) is 6.74. The Morgan fingerprint density at radius 2 is 2.00 bits per heavy atom. The highest BCUT2D eigenvalue weighted by atomic mass is 16.5. The summed E-state index contributed by atoms with van der Waals surface area (Å²) in [5.74, 6) is 0.468. The molecule has 3 nitrogen and oxygen atoms in total.